The molecule has 1 aliphatic heterocycles. The number of sulfonamides is 1. The van der Waals surface area contributed by atoms with Crippen LogP contribution in [0.15, 0.2) is 4.99 Å². The molecule has 0 aromatic heterocycles. The Morgan fingerprint density at radius 2 is 1.96 bits per heavy atom. The molecule has 9 heteroatoms. The van der Waals surface area contributed by atoms with E-state index < -0.39 is 10.0 Å². The molecule has 1 unspecified atom stereocenters. The molecule has 2 fully saturated rings. The van der Waals surface area contributed by atoms with Gasteiger partial charge >= 0.3 is 0 Å². The van der Waals surface area contributed by atoms with Gasteiger partial charge in [0.2, 0.25) is 10.0 Å². The molecule has 1 heterocycles. The lowest BCUT2D eigenvalue weighted by Gasteiger charge is -2.35. The van der Waals surface area contributed by atoms with Crippen LogP contribution in [-0.4, -0.2) is 69.4 Å². The minimum absolute atomic E-state index is 0. The highest BCUT2D eigenvalue weighted by atomic mass is 127. The van der Waals surface area contributed by atoms with E-state index in [0.717, 1.165) is 51.3 Å². The minimum Gasteiger partial charge on any atom is -0.396 e. The standard InChI is InChI=1S/C18H36N4O3S.HI/c1-3-19-17(20-13-16-7-11-22(14-16)26(2,24)25)21-15-18(10-12-23)8-5-4-6-9-18;/h16,23H,3-15H2,1-2H3,(H2,19,20,21);1H. The molecule has 3 N–H and O–H groups in total. The van der Waals surface area contributed by atoms with Crippen LogP contribution >= 0.6 is 24.0 Å². The molecule has 0 aromatic carbocycles. The number of rotatable bonds is 8. The molecule has 2 rings (SSSR count). The van der Waals surface area contributed by atoms with Crippen molar-refractivity contribution in [1.29, 1.82) is 0 Å². The van der Waals surface area contributed by atoms with E-state index in [1.807, 2.05) is 6.92 Å². The molecular formula is C18H37IN4O3S. The third-order valence-corrected chi connectivity index (χ3v) is 7.02. The summed E-state index contributed by atoms with van der Waals surface area (Å²) in [6, 6.07) is 0. The first kappa shape index (κ1) is 24.9. The average Bonchev–Trinajstić information content (AvgIpc) is 3.08. The Morgan fingerprint density at radius 3 is 2.52 bits per heavy atom. The number of nitrogens with one attached hydrogen (secondary N) is 2. The highest BCUT2D eigenvalue weighted by Gasteiger charge is 2.32. The van der Waals surface area contributed by atoms with Gasteiger partial charge in [0.1, 0.15) is 0 Å². The van der Waals surface area contributed by atoms with Gasteiger partial charge < -0.3 is 15.7 Å². The largest absolute Gasteiger partial charge is 0.396 e. The summed E-state index contributed by atoms with van der Waals surface area (Å²) in [6.07, 6.45) is 9.00. The SMILES string of the molecule is CCNC(=NCC1(CCO)CCCCC1)NCC1CCN(S(C)(=O)=O)C1.I. The first-order chi connectivity index (χ1) is 12.4. The quantitative estimate of drug-likeness (QED) is 0.260. The van der Waals surface area contributed by atoms with Gasteiger partial charge in [-0.3, -0.25) is 4.99 Å². The Hall–Kier alpha value is -0.130. The number of hydrogen-bond donors (Lipinski definition) is 3. The van der Waals surface area contributed by atoms with Crippen molar-refractivity contribution in [3.8, 4) is 0 Å². The molecule has 0 spiro atoms. The van der Waals surface area contributed by atoms with Crippen molar-refractivity contribution < 1.29 is 13.5 Å². The zero-order valence-corrected chi connectivity index (χ0v) is 19.9. The molecule has 1 saturated carbocycles. The van der Waals surface area contributed by atoms with Crippen molar-refractivity contribution in [2.75, 3.05) is 45.6 Å². The maximum absolute atomic E-state index is 11.6. The summed E-state index contributed by atoms with van der Waals surface area (Å²) in [7, 11) is -3.09. The van der Waals surface area contributed by atoms with Gasteiger partial charge in [0.05, 0.1) is 6.26 Å². The van der Waals surface area contributed by atoms with Crippen molar-refractivity contribution >= 4 is 40.0 Å². The monoisotopic (exact) mass is 516 g/mol. The molecule has 0 bridgehead atoms. The van der Waals surface area contributed by atoms with Crippen LogP contribution in [0, 0.1) is 11.3 Å². The molecule has 0 radical (unpaired) electrons. The van der Waals surface area contributed by atoms with Crippen molar-refractivity contribution in [2.24, 2.45) is 16.3 Å². The lowest BCUT2D eigenvalue weighted by atomic mass is 9.72. The van der Waals surface area contributed by atoms with Crippen LogP contribution in [0.3, 0.4) is 0 Å². The second-order valence-electron chi connectivity index (χ2n) is 7.89. The Morgan fingerprint density at radius 1 is 1.26 bits per heavy atom. The smallest absolute Gasteiger partial charge is 0.211 e. The number of aliphatic hydroxyl groups is 1. The van der Waals surface area contributed by atoms with E-state index >= 15 is 0 Å². The zero-order chi connectivity index (χ0) is 19.0. The third-order valence-electron chi connectivity index (χ3n) is 5.75. The number of halogens is 1. The van der Waals surface area contributed by atoms with Gasteiger partial charge in [-0.25, -0.2) is 12.7 Å². The van der Waals surface area contributed by atoms with E-state index in [9.17, 15) is 13.5 Å². The molecule has 0 aromatic rings. The van der Waals surface area contributed by atoms with E-state index in [1.165, 1.54) is 25.5 Å². The predicted octanol–water partition coefficient (Wildman–Crippen LogP) is 1.77. The fourth-order valence-electron chi connectivity index (χ4n) is 4.12. The molecular weight excluding hydrogens is 479 g/mol. The van der Waals surface area contributed by atoms with Gasteiger partial charge in [-0.2, -0.15) is 0 Å². The lowest BCUT2D eigenvalue weighted by molar-refractivity contribution is 0.137. The summed E-state index contributed by atoms with van der Waals surface area (Å²) in [6.45, 7) is 5.72. The van der Waals surface area contributed by atoms with Crippen LogP contribution in [0.4, 0.5) is 0 Å². The highest BCUT2D eigenvalue weighted by molar-refractivity contribution is 14.0. The van der Waals surface area contributed by atoms with Crippen LogP contribution in [0.2, 0.25) is 0 Å². The number of aliphatic imine (C=N–C) groups is 1. The normalized spacial score (nSPS) is 23.7. The fraction of sp³-hybridized carbons (Fsp3) is 0.944. The van der Waals surface area contributed by atoms with Gasteiger partial charge in [-0.1, -0.05) is 19.3 Å². The Balaban J connectivity index is 0.00000364. The number of hydrogen-bond acceptors (Lipinski definition) is 4. The zero-order valence-electron chi connectivity index (χ0n) is 16.7. The van der Waals surface area contributed by atoms with Crippen molar-refractivity contribution in [2.45, 2.75) is 51.9 Å². The molecule has 1 saturated heterocycles. The highest BCUT2D eigenvalue weighted by Crippen LogP contribution is 2.39. The van der Waals surface area contributed by atoms with E-state index in [1.54, 1.807) is 4.31 Å². The molecule has 1 atom stereocenters. The van der Waals surface area contributed by atoms with Gasteiger partial charge in [0.25, 0.3) is 0 Å². The van der Waals surface area contributed by atoms with Crippen LogP contribution in [0.5, 0.6) is 0 Å². The van der Waals surface area contributed by atoms with Crippen LogP contribution in [0.1, 0.15) is 51.9 Å². The first-order valence-corrected chi connectivity index (χ1v) is 11.8. The third kappa shape index (κ3) is 8.02. The van der Waals surface area contributed by atoms with Crippen molar-refractivity contribution in [1.82, 2.24) is 14.9 Å². The summed E-state index contributed by atoms with van der Waals surface area (Å²) < 4.78 is 24.8. The number of guanidine groups is 1. The van der Waals surface area contributed by atoms with Gasteiger partial charge in [-0.05, 0) is 43.9 Å². The Labute approximate surface area is 181 Å². The summed E-state index contributed by atoms with van der Waals surface area (Å²) in [4.78, 5) is 4.81. The average molecular weight is 516 g/mol. The predicted molar refractivity (Wildman–Crippen MR) is 121 cm³/mol. The Kier molecular flexibility index (Phi) is 10.9. The summed E-state index contributed by atoms with van der Waals surface area (Å²) >= 11 is 0. The van der Waals surface area contributed by atoms with Crippen molar-refractivity contribution in [3.63, 3.8) is 0 Å². The van der Waals surface area contributed by atoms with Gasteiger partial charge in [0, 0.05) is 39.3 Å². The molecule has 2 aliphatic rings. The van der Waals surface area contributed by atoms with Crippen LogP contribution < -0.4 is 10.6 Å². The minimum atomic E-state index is -3.09. The molecule has 27 heavy (non-hydrogen) atoms. The van der Waals surface area contributed by atoms with E-state index in [0.29, 0.717) is 19.0 Å². The van der Waals surface area contributed by atoms with Crippen molar-refractivity contribution in [3.05, 3.63) is 0 Å². The van der Waals surface area contributed by atoms with Gasteiger partial charge in [0.15, 0.2) is 5.96 Å². The number of nitrogens with zero attached hydrogens (tertiary/aromatic N) is 2. The summed E-state index contributed by atoms with van der Waals surface area (Å²) in [5.41, 5.74) is 0.135. The molecule has 7 nitrogen and oxygen atoms in total. The fourth-order valence-corrected chi connectivity index (χ4v) is 5.04. The lowest BCUT2D eigenvalue weighted by Crippen LogP contribution is -2.41. The van der Waals surface area contributed by atoms with E-state index in [-0.39, 0.29) is 36.0 Å². The maximum Gasteiger partial charge on any atom is 0.211 e. The first-order valence-electron chi connectivity index (χ1n) is 9.97. The van der Waals surface area contributed by atoms with Gasteiger partial charge in [-0.15, -0.1) is 24.0 Å². The topological polar surface area (TPSA) is 94.0 Å². The van der Waals surface area contributed by atoms with Crippen LogP contribution in [0.25, 0.3) is 0 Å². The van der Waals surface area contributed by atoms with E-state index in [4.69, 9.17) is 4.99 Å². The Bertz CT molecular complexity index is 559. The molecule has 1 aliphatic carbocycles. The second kappa shape index (κ2) is 11.8. The van der Waals surface area contributed by atoms with E-state index in [2.05, 4.69) is 10.6 Å². The summed E-state index contributed by atoms with van der Waals surface area (Å²) in [5, 5.41) is 16.1. The molecule has 0 amide bonds. The second-order valence-corrected chi connectivity index (χ2v) is 9.87. The number of aliphatic hydroxyl groups excluding tert-OH is 1. The maximum atomic E-state index is 11.6. The van der Waals surface area contributed by atoms with Crippen LogP contribution in [-0.2, 0) is 10.0 Å². The summed E-state index contributed by atoms with van der Waals surface area (Å²) in [5.74, 6) is 1.11. The molecule has 160 valence electrons.